The molecular formula is C20H24ClNO4. The smallest absolute Gasteiger partial charge is 0.203 e. The largest absolute Gasteiger partial charge is 0.493 e. The quantitative estimate of drug-likeness (QED) is 0.782. The molecule has 0 N–H and O–H groups in total. The van der Waals surface area contributed by atoms with Crippen molar-refractivity contribution >= 4 is 11.6 Å². The van der Waals surface area contributed by atoms with Crippen LogP contribution in [0.3, 0.4) is 0 Å². The van der Waals surface area contributed by atoms with E-state index in [1.807, 2.05) is 30.3 Å². The van der Waals surface area contributed by atoms with Crippen LogP contribution in [0, 0.1) is 0 Å². The molecule has 1 aliphatic rings. The van der Waals surface area contributed by atoms with E-state index in [2.05, 4.69) is 11.8 Å². The van der Waals surface area contributed by atoms with Crippen LogP contribution in [0.25, 0.3) is 0 Å². The Morgan fingerprint density at radius 2 is 1.77 bits per heavy atom. The first-order chi connectivity index (χ1) is 12.5. The molecule has 2 aromatic rings. The zero-order valence-corrected chi connectivity index (χ0v) is 16.3. The third-order valence-corrected chi connectivity index (χ3v) is 4.63. The molecular weight excluding hydrogens is 354 g/mol. The van der Waals surface area contributed by atoms with Gasteiger partial charge in [0.25, 0.3) is 0 Å². The highest BCUT2D eigenvalue weighted by Crippen LogP contribution is 2.39. The molecule has 1 aliphatic heterocycles. The molecule has 0 aromatic heterocycles. The maximum Gasteiger partial charge on any atom is 0.203 e. The van der Waals surface area contributed by atoms with E-state index < -0.39 is 0 Å². The van der Waals surface area contributed by atoms with Crippen LogP contribution in [0.1, 0.15) is 18.1 Å². The van der Waals surface area contributed by atoms with Gasteiger partial charge in [0.05, 0.1) is 21.3 Å². The third kappa shape index (κ3) is 4.00. The van der Waals surface area contributed by atoms with Crippen LogP contribution in [0.15, 0.2) is 30.3 Å². The van der Waals surface area contributed by atoms with E-state index in [9.17, 15) is 0 Å². The van der Waals surface area contributed by atoms with Gasteiger partial charge in [-0.2, -0.15) is 0 Å². The van der Waals surface area contributed by atoms with Crippen LogP contribution in [-0.4, -0.2) is 38.9 Å². The zero-order chi connectivity index (χ0) is 18.7. The molecule has 0 radical (unpaired) electrons. The molecule has 1 heterocycles. The van der Waals surface area contributed by atoms with Gasteiger partial charge in [0.2, 0.25) is 5.75 Å². The van der Waals surface area contributed by atoms with Gasteiger partial charge in [-0.3, -0.25) is 4.90 Å². The lowest BCUT2D eigenvalue weighted by atomic mass is 10.1. The number of hydrogen-bond donors (Lipinski definition) is 0. The van der Waals surface area contributed by atoms with Crippen LogP contribution in [0.5, 0.6) is 23.0 Å². The number of hydrogen-bond acceptors (Lipinski definition) is 5. The summed E-state index contributed by atoms with van der Waals surface area (Å²) in [5, 5.41) is 0.717. The Hall–Kier alpha value is -2.11. The van der Waals surface area contributed by atoms with Crippen molar-refractivity contribution in [2.45, 2.75) is 26.1 Å². The summed E-state index contributed by atoms with van der Waals surface area (Å²) < 4.78 is 22.4. The van der Waals surface area contributed by atoms with Crippen molar-refractivity contribution in [3.63, 3.8) is 0 Å². The third-order valence-electron chi connectivity index (χ3n) is 4.39. The second-order valence-electron chi connectivity index (χ2n) is 6.38. The molecule has 0 bridgehead atoms. The van der Waals surface area contributed by atoms with Gasteiger partial charge in [-0.1, -0.05) is 11.6 Å². The molecule has 5 nitrogen and oxygen atoms in total. The molecule has 1 unspecified atom stereocenters. The maximum atomic E-state index is 6.17. The number of rotatable bonds is 5. The lowest BCUT2D eigenvalue weighted by Crippen LogP contribution is -2.30. The normalized spacial score (nSPS) is 17.0. The predicted molar refractivity (Wildman–Crippen MR) is 102 cm³/mol. The molecule has 0 saturated heterocycles. The van der Waals surface area contributed by atoms with E-state index in [1.54, 1.807) is 21.3 Å². The number of benzene rings is 2. The van der Waals surface area contributed by atoms with Gasteiger partial charge in [0.1, 0.15) is 11.9 Å². The minimum atomic E-state index is 0.0828. The summed E-state index contributed by atoms with van der Waals surface area (Å²) in [7, 11) is 4.86. The molecule has 26 heavy (non-hydrogen) atoms. The first-order valence-electron chi connectivity index (χ1n) is 8.50. The fourth-order valence-corrected chi connectivity index (χ4v) is 3.51. The van der Waals surface area contributed by atoms with Crippen molar-refractivity contribution in [2.24, 2.45) is 0 Å². The van der Waals surface area contributed by atoms with Gasteiger partial charge in [0, 0.05) is 30.2 Å². The summed E-state index contributed by atoms with van der Waals surface area (Å²) >= 11 is 6.17. The highest BCUT2D eigenvalue weighted by molar-refractivity contribution is 6.30. The van der Waals surface area contributed by atoms with Crippen molar-refractivity contribution in [1.29, 1.82) is 0 Å². The second-order valence-corrected chi connectivity index (χ2v) is 6.82. The Morgan fingerprint density at radius 1 is 1.08 bits per heavy atom. The predicted octanol–water partition coefficient (Wildman–Crippen LogP) is 4.15. The standard InChI is InChI=1S/C20H24ClNO4/c1-13-10-22(12-15-9-16(21)5-6-17(15)26-13)11-14-7-18(23-2)20(25-4)19(8-14)24-3/h5-9,13H,10-12H2,1-4H3. The Bertz CT molecular complexity index is 755. The molecule has 0 spiro atoms. The molecule has 1 atom stereocenters. The van der Waals surface area contributed by atoms with Gasteiger partial charge >= 0.3 is 0 Å². The average Bonchev–Trinajstić information content (AvgIpc) is 2.77. The second kappa shape index (κ2) is 8.06. The van der Waals surface area contributed by atoms with Crippen molar-refractivity contribution in [3.05, 3.63) is 46.5 Å². The van der Waals surface area contributed by atoms with E-state index in [0.29, 0.717) is 17.2 Å². The van der Waals surface area contributed by atoms with E-state index in [0.717, 1.165) is 41.5 Å². The minimum Gasteiger partial charge on any atom is -0.493 e. The number of nitrogens with zero attached hydrogens (tertiary/aromatic N) is 1. The van der Waals surface area contributed by atoms with Gasteiger partial charge < -0.3 is 18.9 Å². The van der Waals surface area contributed by atoms with Gasteiger partial charge in [0.15, 0.2) is 11.5 Å². The van der Waals surface area contributed by atoms with E-state index in [4.69, 9.17) is 30.5 Å². The SMILES string of the molecule is COc1cc(CN2Cc3cc(Cl)ccc3OC(C)C2)cc(OC)c1OC. The molecule has 3 rings (SSSR count). The Kier molecular flexibility index (Phi) is 5.79. The minimum absolute atomic E-state index is 0.0828. The summed E-state index contributed by atoms with van der Waals surface area (Å²) in [6, 6.07) is 9.74. The number of methoxy groups -OCH3 is 3. The Morgan fingerprint density at radius 3 is 2.38 bits per heavy atom. The van der Waals surface area contributed by atoms with Gasteiger partial charge in [-0.25, -0.2) is 0 Å². The van der Waals surface area contributed by atoms with Crippen molar-refractivity contribution < 1.29 is 18.9 Å². The Labute approximate surface area is 159 Å². The van der Waals surface area contributed by atoms with E-state index >= 15 is 0 Å². The van der Waals surface area contributed by atoms with E-state index in [-0.39, 0.29) is 6.10 Å². The molecule has 2 aromatic carbocycles. The highest BCUT2D eigenvalue weighted by Gasteiger charge is 2.22. The molecule has 140 valence electrons. The maximum absolute atomic E-state index is 6.17. The fraction of sp³-hybridized carbons (Fsp3) is 0.400. The van der Waals surface area contributed by atoms with Gasteiger partial charge in [-0.15, -0.1) is 0 Å². The summed E-state index contributed by atoms with van der Waals surface area (Å²) in [5.41, 5.74) is 2.17. The van der Waals surface area contributed by atoms with E-state index in [1.165, 1.54) is 0 Å². The Balaban J connectivity index is 1.88. The zero-order valence-electron chi connectivity index (χ0n) is 15.5. The topological polar surface area (TPSA) is 40.2 Å². The summed E-state index contributed by atoms with van der Waals surface area (Å²) in [4.78, 5) is 2.33. The van der Waals surface area contributed by atoms with Crippen molar-refractivity contribution in [1.82, 2.24) is 4.90 Å². The molecule has 6 heteroatoms. The highest BCUT2D eigenvalue weighted by atomic mass is 35.5. The van der Waals surface area contributed by atoms with Crippen molar-refractivity contribution in [3.8, 4) is 23.0 Å². The lowest BCUT2D eigenvalue weighted by molar-refractivity contribution is 0.156. The van der Waals surface area contributed by atoms with Crippen LogP contribution < -0.4 is 18.9 Å². The molecule has 0 aliphatic carbocycles. The lowest BCUT2D eigenvalue weighted by Gasteiger charge is -2.23. The summed E-state index contributed by atoms with van der Waals surface area (Å²) in [5.74, 6) is 2.81. The number of fused-ring (bicyclic) bond motifs is 1. The van der Waals surface area contributed by atoms with Crippen molar-refractivity contribution in [2.75, 3.05) is 27.9 Å². The first-order valence-corrected chi connectivity index (χ1v) is 8.88. The number of ether oxygens (including phenoxy) is 4. The molecule has 0 fully saturated rings. The van der Waals surface area contributed by atoms with Crippen LogP contribution >= 0.6 is 11.6 Å². The monoisotopic (exact) mass is 377 g/mol. The fourth-order valence-electron chi connectivity index (χ4n) is 3.31. The average molecular weight is 378 g/mol. The molecule has 0 saturated carbocycles. The van der Waals surface area contributed by atoms with Crippen LogP contribution in [0.2, 0.25) is 5.02 Å². The number of halogens is 1. The van der Waals surface area contributed by atoms with Crippen LogP contribution in [-0.2, 0) is 13.1 Å². The first kappa shape index (κ1) is 18.7. The van der Waals surface area contributed by atoms with Crippen LogP contribution in [0.4, 0.5) is 0 Å². The summed E-state index contributed by atoms with van der Waals surface area (Å²) in [6.45, 7) is 4.38. The summed E-state index contributed by atoms with van der Waals surface area (Å²) in [6.07, 6.45) is 0.0828. The molecule has 0 amide bonds. The van der Waals surface area contributed by atoms with Gasteiger partial charge in [-0.05, 0) is 42.8 Å².